The van der Waals surface area contributed by atoms with Gasteiger partial charge in [0.1, 0.15) is 12.4 Å². The topological polar surface area (TPSA) is 35.5 Å². The summed E-state index contributed by atoms with van der Waals surface area (Å²) in [5.74, 6) is 0.781. The maximum Gasteiger partial charge on any atom is 0.310 e. The van der Waals surface area contributed by atoms with Crippen molar-refractivity contribution in [1.82, 2.24) is 0 Å². The van der Waals surface area contributed by atoms with Gasteiger partial charge in [-0.1, -0.05) is 37.1 Å². The second-order valence-corrected chi connectivity index (χ2v) is 7.42. The van der Waals surface area contributed by atoms with Crippen LogP contribution < -0.4 is 4.74 Å². The standard InChI is InChI=1S/C18H21ClO3/c1-10(2)7-13-16(18(13,3)4)17(20)22-15-9-21-14-6-5-11(19)8-12(14)15/h5-8,13,15-16H,9H2,1-4H3. The zero-order valence-electron chi connectivity index (χ0n) is 13.4. The van der Waals surface area contributed by atoms with Crippen molar-refractivity contribution in [3.05, 3.63) is 40.4 Å². The lowest BCUT2D eigenvalue weighted by atomic mass is 10.1. The van der Waals surface area contributed by atoms with Crippen LogP contribution in [0, 0.1) is 17.3 Å². The molecule has 0 saturated heterocycles. The lowest BCUT2D eigenvalue weighted by Crippen LogP contribution is -2.16. The first-order chi connectivity index (χ1) is 10.3. The summed E-state index contributed by atoms with van der Waals surface area (Å²) >= 11 is 6.02. The molecule has 1 fully saturated rings. The van der Waals surface area contributed by atoms with Crippen LogP contribution in [0.15, 0.2) is 29.8 Å². The molecule has 0 N–H and O–H groups in total. The third kappa shape index (κ3) is 2.63. The Kier molecular flexibility index (Phi) is 3.72. The molecule has 1 aliphatic carbocycles. The number of esters is 1. The molecule has 1 saturated carbocycles. The Bertz CT molecular complexity index is 644. The van der Waals surface area contributed by atoms with Crippen LogP contribution in [0.1, 0.15) is 39.4 Å². The highest BCUT2D eigenvalue weighted by Gasteiger charge is 2.61. The second-order valence-electron chi connectivity index (χ2n) is 6.99. The fourth-order valence-electron chi connectivity index (χ4n) is 3.27. The van der Waals surface area contributed by atoms with Gasteiger partial charge in [-0.25, -0.2) is 0 Å². The zero-order valence-corrected chi connectivity index (χ0v) is 14.1. The SMILES string of the molecule is CC(C)=CC1C(C(=O)OC2COc3ccc(Cl)cc32)C1(C)C. The quantitative estimate of drug-likeness (QED) is 0.605. The summed E-state index contributed by atoms with van der Waals surface area (Å²) in [6.45, 7) is 8.69. The van der Waals surface area contributed by atoms with E-state index in [0.29, 0.717) is 11.6 Å². The summed E-state index contributed by atoms with van der Waals surface area (Å²) in [6.07, 6.45) is 1.81. The molecule has 3 unspecified atom stereocenters. The maximum atomic E-state index is 12.5. The summed E-state index contributed by atoms with van der Waals surface area (Å²) < 4.78 is 11.3. The van der Waals surface area contributed by atoms with Crippen molar-refractivity contribution in [2.24, 2.45) is 17.3 Å². The number of carbonyl (C=O) groups is 1. The highest BCUT2D eigenvalue weighted by molar-refractivity contribution is 6.30. The van der Waals surface area contributed by atoms with Gasteiger partial charge in [-0.05, 0) is 43.4 Å². The molecule has 4 heteroatoms. The average molecular weight is 321 g/mol. The van der Waals surface area contributed by atoms with E-state index in [2.05, 4.69) is 33.8 Å². The Morgan fingerprint density at radius 3 is 2.82 bits per heavy atom. The smallest absolute Gasteiger partial charge is 0.310 e. The Morgan fingerprint density at radius 1 is 1.41 bits per heavy atom. The summed E-state index contributed by atoms with van der Waals surface area (Å²) in [6, 6.07) is 5.41. The first kappa shape index (κ1) is 15.4. The highest BCUT2D eigenvalue weighted by atomic mass is 35.5. The third-order valence-corrected chi connectivity index (χ3v) is 4.88. The lowest BCUT2D eigenvalue weighted by Gasteiger charge is -2.12. The fraction of sp³-hybridized carbons (Fsp3) is 0.500. The van der Waals surface area contributed by atoms with Gasteiger partial charge in [0.25, 0.3) is 0 Å². The van der Waals surface area contributed by atoms with E-state index >= 15 is 0 Å². The van der Waals surface area contributed by atoms with E-state index in [4.69, 9.17) is 21.1 Å². The van der Waals surface area contributed by atoms with E-state index in [1.165, 1.54) is 5.57 Å². The monoisotopic (exact) mass is 320 g/mol. The molecule has 118 valence electrons. The molecule has 1 aromatic carbocycles. The highest BCUT2D eigenvalue weighted by Crippen LogP contribution is 2.60. The number of ether oxygens (including phenoxy) is 2. The minimum absolute atomic E-state index is 0.0367. The van der Waals surface area contributed by atoms with Gasteiger partial charge in [0.05, 0.1) is 5.92 Å². The molecule has 3 rings (SSSR count). The molecule has 1 heterocycles. The van der Waals surface area contributed by atoms with Gasteiger partial charge in [0.15, 0.2) is 6.10 Å². The number of rotatable bonds is 3. The summed E-state index contributed by atoms with van der Waals surface area (Å²) in [7, 11) is 0. The third-order valence-electron chi connectivity index (χ3n) is 4.64. The van der Waals surface area contributed by atoms with Gasteiger partial charge in [0, 0.05) is 10.6 Å². The number of carbonyl (C=O) groups excluding carboxylic acids is 1. The minimum atomic E-state index is -0.357. The van der Waals surface area contributed by atoms with Crippen LogP contribution in [0.5, 0.6) is 5.75 Å². The van der Waals surface area contributed by atoms with Gasteiger partial charge in [0.2, 0.25) is 0 Å². The predicted molar refractivity (Wildman–Crippen MR) is 86.0 cm³/mol. The summed E-state index contributed by atoms with van der Waals surface area (Å²) in [4.78, 5) is 12.5. The Balaban J connectivity index is 1.72. The Morgan fingerprint density at radius 2 is 2.14 bits per heavy atom. The van der Waals surface area contributed by atoms with Crippen molar-refractivity contribution < 1.29 is 14.3 Å². The van der Waals surface area contributed by atoms with Crippen LogP contribution >= 0.6 is 11.6 Å². The largest absolute Gasteiger partial charge is 0.489 e. The number of benzene rings is 1. The number of allylic oxidation sites excluding steroid dienone is 2. The Labute approximate surface area is 136 Å². The molecule has 2 aliphatic rings. The van der Waals surface area contributed by atoms with E-state index < -0.39 is 0 Å². The number of fused-ring (bicyclic) bond motifs is 1. The van der Waals surface area contributed by atoms with Crippen molar-refractivity contribution >= 4 is 17.6 Å². The van der Waals surface area contributed by atoms with E-state index in [9.17, 15) is 4.79 Å². The van der Waals surface area contributed by atoms with Gasteiger partial charge >= 0.3 is 5.97 Å². The number of hydrogen-bond donors (Lipinski definition) is 0. The molecule has 0 spiro atoms. The molecular weight excluding hydrogens is 300 g/mol. The lowest BCUT2D eigenvalue weighted by molar-refractivity contribution is -0.152. The molecule has 3 nitrogen and oxygen atoms in total. The van der Waals surface area contributed by atoms with Crippen LogP contribution in [0.4, 0.5) is 0 Å². The van der Waals surface area contributed by atoms with Crippen LogP contribution in [-0.2, 0) is 9.53 Å². The summed E-state index contributed by atoms with van der Waals surface area (Å²) in [5, 5.41) is 0.625. The van der Waals surface area contributed by atoms with Crippen molar-refractivity contribution in [1.29, 1.82) is 0 Å². The number of halogens is 1. The first-order valence-corrected chi connectivity index (χ1v) is 7.96. The molecule has 1 aromatic rings. The number of hydrogen-bond acceptors (Lipinski definition) is 3. The molecule has 22 heavy (non-hydrogen) atoms. The molecule has 0 radical (unpaired) electrons. The molecule has 0 aromatic heterocycles. The van der Waals surface area contributed by atoms with Gasteiger partial charge < -0.3 is 9.47 Å². The molecule has 1 aliphatic heterocycles. The van der Waals surface area contributed by atoms with Crippen molar-refractivity contribution in [3.8, 4) is 5.75 Å². The maximum absolute atomic E-state index is 12.5. The minimum Gasteiger partial charge on any atom is -0.489 e. The predicted octanol–water partition coefficient (Wildman–Crippen LogP) is 4.56. The van der Waals surface area contributed by atoms with Gasteiger partial charge in [-0.3, -0.25) is 4.79 Å². The van der Waals surface area contributed by atoms with Crippen LogP contribution in [0.2, 0.25) is 5.02 Å². The van der Waals surface area contributed by atoms with Gasteiger partial charge in [-0.15, -0.1) is 0 Å². The first-order valence-electron chi connectivity index (χ1n) is 7.58. The van der Waals surface area contributed by atoms with Crippen molar-refractivity contribution in [2.75, 3.05) is 6.61 Å². The van der Waals surface area contributed by atoms with E-state index in [-0.39, 0.29) is 29.3 Å². The van der Waals surface area contributed by atoms with Crippen LogP contribution in [0.25, 0.3) is 0 Å². The second kappa shape index (κ2) is 5.31. The van der Waals surface area contributed by atoms with Crippen molar-refractivity contribution in [3.63, 3.8) is 0 Å². The normalized spacial score (nSPS) is 27.6. The molecule has 0 amide bonds. The average Bonchev–Trinajstić information content (AvgIpc) is 2.77. The zero-order chi connectivity index (χ0) is 16.1. The molecule has 3 atom stereocenters. The van der Waals surface area contributed by atoms with Crippen molar-refractivity contribution in [2.45, 2.75) is 33.8 Å². The van der Waals surface area contributed by atoms with E-state index in [0.717, 1.165) is 11.3 Å². The van der Waals surface area contributed by atoms with Gasteiger partial charge in [-0.2, -0.15) is 0 Å². The Hall–Kier alpha value is -1.48. The van der Waals surface area contributed by atoms with Crippen LogP contribution in [0.3, 0.4) is 0 Å². The molecular formula is C18H21ClO3. The van der Waals surface area contributed by atoms with E-state index in [1.54, 1.807) is 6.07 Å². The van der Waals surface area contributed by atoms with E-state index in [1.807, 2.05) is 12.1 Å². The summed E-state index contributed by atoms with van der Waals surface area (Å²) in [5.41, 5.74) is 2.05. The fourth-order valence-corrected chi connectivity index (χ4v) is 3.45. The van der Waals surface area contributed by atoms with Crippen LogP contribution in [-0.4, -0.2) is 12.6 Å². The molecule has 0 bridgehead atoms.